The van der Waals surface area contributed by atoms with Crippen molar-refractivity contribution in [2.75, 3.05) is 25.0 Å². The molecule has 48 heavy (non-hydrogen) atoms. The van der Waals surface area contributed by atoms with E-state index in [2.05, 4.69) is 53.0 Å². The summed E-state index contributed by atoms with van der Waals surface area (Å²) in [6.45, 7) is 7.56. The van der Waals surface area contributed by atoms with E-state index in [1.54, 1.807) is 36.9 Å². The maximum Gasteiger partial charge on any atom is 0.161 e. The second-order valence-electron chi connectivity index (χ2n) is 12.3. The number of rotatable bonds is 10. The van der Waals surface area contributed by atoms with Crippen LogP contribution in [0.15, 0.2) is 98.1 Å². The Morgan fingerprint density at radius 3 is 2.62 bits per heavy atom. The lowest BCUT2D eigenvalue weighted by Gasteiger charge is -2.14. The summed E-state index contributed by atoms with van der Waals surface area (Å²) in [5.41, 5.74) is 9.45. The van der Waals surface area contributed by atoms with Crippen molar-refractivity contribution in [1.29, 1.82) is 0 Å². The summed E-state index contributed by atoms with van der Waals surface area (Å²) in [4.78, 5) is 24.4. The molecule has 0 unspecified atom stereocenters. The van der Waals surface area contributed by atoms with E-state index < -0.39 is 0 Å². The number of hydrogen-bond acceptors (Lipinski definition) is 7. The third-order valence-corrected chi connectivity index (χ3v) is 8.92. The van der Waals surface area contributed by atoms with Gasteiger partial charge >= 0.3 is 0 Å². The van der Waals surface area contributed by atoms with Crippen LogP contribution in [0.25, 0.3) is 61.7 Å². The highest BCUT2D eigenvalue weighted by molar-refractivity contribution is 5.96. The molecule has 8 rings (SSSR count). The van der Waals surface area contributed by atoms with Crippen LogP contribution in [-0.2, 0) is 6.42 Å². The average molecular weight is 636 g/mol. The molecule has 0 aliphatic carbocycles. The molecular formula is C38H34FN9. The molecule has 2 aromatic carbocycles. The zero-order valence-electron chi connectivity index (χ0n) is 26.4. The monoisotopic (exact) mass is 635 g/mol. The van der Waals surface area contributed by atoms with Gasteiger partial charge in [0, 0.05) is 41.0 Å². The first kappa shape index (κ1) is 29.6. The summed E-state index contributed by atoms with van der Waals surface area (Å²) in [5.74, 6) is 0.296. The molecule has 1 saturated heterocycles. The van der Waals surface area contributed by atoms with Crippen molar-refractivity contribution in [1.82, 2.24) is 40.0 Å². The summed E-state index contributed by atoms with van der Waals surface area (Å²) >= 11 is 0. The molecule has 6 heterocycles. The third-order valence-electron chi connectivity index (χ3n) is 8.92. The van der Waals surface area contributed by atoms with Crippen LogP contribution in [0.2, 0.25) is 0 Å². The van der Waals surface area contributed by atoms with E-state index >= 15 is 0 Å². The largest absolute Gasteiger partial charge is 0.354 e. The maximum atomic E-state index is 14.9. The fraction of sp³-hybridized carbons (Fsp3) is 0.184. The van der Waals surface area contributed by atoms with Crippen LogP contribution >= 0.6 is 0 Å². The zero-order valence-corrected chi connectivity index (χ0v) is 26.4. The van der Waals surface area contributed by atoms with Gasteiger partial charge in [-0.15, -0.1) is 0 Å². The zero-order chi connectivity index (χ0) is 32.5. The fourth-order valence-corrected chi connectivity index (χ4v) is 6.51. The van der Waals surface area contributed by atoms with E-state index in [1.165, 1.54) is 25.9 Å². The van der Waals surface area contributed by atoms with E-state index in [0.29, 0.717) is 28.3 Å². The van der Waals surface area contributed by atoms with Crippen molar-refractivity contribution < 1.29 is 4.39 Å². The van der Waals surface area contributed by atoms with Gasteiger partial charge in [0.1, 0.15) is 17.0 Å². The molecule has 0 bridgehead atoms. The van der Waals surface area contributed by atoms with Crippen LogP contribution in [0.3, 0.4) is 0 Å². The highest BCUT2D eigenvalue weighted by Crippen LogP contribution is 2.33. The van der Waals surface area contributed by atoms with E-state index in [0.717, 1.165) is 69.5 Å². The molecule has 238 valence electrons. The fourth-order valence-electron chi connectivity index (χ4n) is 6.51. The molecule has 0 saturated carbocycles. The van der Waals surface area contributed by atoms with E-state index in [9.17, 15) is 4.39 Å². The minimum absolute atomic E-state index is 0.251. The lowest BCUT2D eigenvalue weighted by atomic mass is 10.0. The topological polar surface area (TPSA) is 111 Å². The van der Waals surface area contributed by atoms with Gasteiger partial charge in [0.2, 0.25) is 0 Å². The first-order chi connectivity index (χ1) is 23.6. The molecule has 1 aliphatic rings. The van der Waals surface area contributed by atoms with Gasteiger partial charge in [-0.1, -0.05) is 43.0 Å². The van der Waals surface area contributed by atoms with Gasteiger partial charge in [-0.3, -0.25) is 10.1 Å². The number of fused-ring (bicyclic) bond motifs is 2. The van der Waals surface area contributed by atoms with Crippen molar-refractivity contribution in [3.63, 3.8) is 0 Å². The van der Waals surface area contributed by atoms with Crippen molar-refractivity contribution in [3.05, 3.63) is 115 Å². The molecule has 0 amide bonds. The van der Waals surface area contributed by atoms with Gasteiger partial charge < -0.3 is 15.2 Å². The Balaban J connectivity index is 1.08. The summed E-state index contributed by atoms with van der Waals surface area (Å²) in [5, 5.41) is 11.8. The van der Waals surface area contributed by atoms with E-state index in [4.69, 9.17) is 4.98 Å². The number of H-pyrrole nitrogens is 2. The second-order valence-corrected chi connectivity index (χ2v) is 12.3. The number of benzene rings is 2. The van der Waals surface area contributed by atoms with Crippen molar-refractivity contribution >= 4 is 33.6 Å². The summed E-state index contributed by atoms with van der Waals surface area (Å²) < 4.78 is 14.9. The van der Waals surface area contributed by atoms with Gasteiger partial charge in [0.15, 0.2) is 17.1 Å². The maximum absolute atomic E-state index is 14.9. The number of likely N-dealkylation sites (tertiary alicyclic amines) is 1. The van der Waals surface area contributed by atoms with Gasteiger partial charge in [0.25, 0.3) is 0 Å². The van der Waals surface area contributed by atoms with Crippen LogP contribution in [0.1, 0.15) is 30.4 Å². The molecule has 9 nitrogen and oxygen atoms in total. The molecule has 10 heteroatoms. The van der Waals surface area contributed by atoms with E-state index in [1.807, 2.05) is 48.5 Å². The second kappa shape index (κ2) is 12.8. The van der Waals surface area contributed by atoms with Crippen molar-refractivity contribution in [2.45, 2.75) is 25.7 Å². The van der Waals surface area contributed by atoms with Crippen molar-refractivity contribution in [2.24, 2.45) is 0 Å². The lowest BCUT2D eigenvalue weighted by Crippen LogP contribution is -2.20. The molecule has 0 atom stereocenters. The summed E-state index contributed by atoms with van der Waals surface area (Å²) in [7, 11) is 0. The predicted molar refractivity (Wildman–Crippen MR) is 188 cm³/mol. The molecule has 0 radical (unpaired) electrons. The number of hydrogen-bond donors (Lipinski definition) is 3. The number of imidazole rings is 1. The number of anilines is 1. The van der Waals surface area contributed by atoms with Gasteiger partial charge in [-0.05, 0) is 92.3 Å². The highest BCUT2D eigenvalue weighted by Gasteiger charge is 2.18. The Bertz CT molecular complexity index is 2250. The SMILES string of the molecule is C=C(Nc1cncc(-c2cnc3[nH]nc(-c4nc5c(-c6cc(F)cc(CCCN7CCCC7)c6)ccnc5[nH]4)c3c2)c1)c1ccccc1. The number of nitrogens with one attached hydrogen (secondary N) is 3. The Labute approximate surface area is 277 Å². The van der Waals surface area contributed by atoms with E-state index in [-0.39, 0.29) is 5.82 Å². The van der Waals surface area contributed by atoms with Crippen LogP contribution in [0, 0.1) is 5.82 Å². The number of aromatic amines is 2. The smallest absolute Gasteiger partial charge is 0.161 e. The van der Waals surface area contributed by atoms with Crippen LogP contribution in [-0.4, -0.2) is 59.7 Å². The number of halogens is 1. The number of aryl methyl sites for hydroxylation is 1. The van der Waals surface area contributed by atoms with Crippen LogP contribution < -0.4 is 5.32 Å². The summed E-state index contributed by atoms with van der Waals surface area (Å²) in [6, 6.07) is 21.2. The minimum atomic E-state index is -0.251. The van der Waals surface area contributed by atoms with Gasteiger partial charge in [0.05, 0.1) is 17.3 Å². The number of nitrogens with zero attached hydrogens (tertiary/aromatic N) is 6. The lowest BCUT2D eigenvalue weighted by molar-refractivity contribution is 0.334. The molecule has 7 aromatic rings. The first-order valence-electron chi connectivity index (χ1n) is 16.3. The van der Waals surface area contributed by atoms with Crippen LogP contribution in [0.4, 0.5) is 10.1 Å². The number of pyridine rings is 3. The van der Waals surface area contributed by atoms with Crippen LogP contribution in [0.5, 0.6) is 0 Å². The Kier molecular flexibility index (Phi) is 7.91. The average Bonchev–Trinajstić information content (AvgIpc) is 3.88. The molecule has 1 fully saturated rings. The van der Waals surface area contributed by atoms with Gasteiger partial charge in [-0.2, -0.15) is 5.10 Å². The molecule has 0 spiro atoms. The Hall–Kier alpha value is -5.74. The third kappa shape index (κ3) is 6.05. The normalized spacial score (nSPS) is 13.4. The number of aromatic nitrogens is 7. The molecular weight excluding hydrogens is 601 g/mol. The predicted octanol–water partition coefficient (Wildman–Crippen LogP) is 7.88. The standard InChI is InChI=1S/C38H34FN9/c1-24(26-9-3-2-4-10-26)43-31-19-28(21-40-23-31)29-20-33-35(46-47-36(33)42-22-29)38-44-34-32(11-12-41-37(34)45-38)27-16-25(17-30(39)18-27)8-7-15-48-13-5-6-14-48/h2-4,9-12,16-23,43H,1,5-8,13-15H2,(H,41,44,45)(H,42,46,47). The highest BCUT2D eigenvalue weighted by atomic mass is 19.1. The van der Waals surface area contributed by atoms with Gasteiger partial charge in [-0.25, -0.2) is 19.3 Å². The minimum Gasteiger partial charge on any atom is -0.354 e. The summed E-state index contributed by atoms with van der Waals surface area (Å²) in [6.07, 6.45) is 11.5. The molecule has 3 N–H and O–H groups in total. The molecule has 1 aliphatic heterocycles. The Morgan fingerprint density at radius 2 is 1.75 bits per heavy atom. The van der Waals surface area contributed by atoms with Crippen molar-refractivity contribution in [3.8, 4) is 33.8 Å². The first-order valence-corrected chi connectivity index (χ1v) is 16.3. The Morgan fingerprint density at radius 1 is 0.896 bits per heavy atom. The quantitative estimate of drug-likeness (QED) is 0.140. The molecule has 5 aromatic heterocycles.